The maximum absolute atomic E-state index is 13.6. The third-order valence-corrected chi connectivity index (χ3v) is 5.26. The quantitative estimate of drug-likeness (QED) is 0.644. The van der Waals surface area contributed by atoms with Gasteiger partial charge in [-0.05, 0) is 12.1 Å². The van der Waals surface area contributed by atoms with Gasteiger partial charge in [-0.15, -0.1) is 10.2 Å². The van der Waals surface area contributed by atoms with E-state index < -0.39 is 17.6 Å². The minimum absolute atomic E-state index is 0.0425. The number of nitrogens with two attached hydrogens (primary N) is 1. The van der Waals surface area contributed by atoms with E-state index in [9.17, 15) is 13.6 Å². The SMILES string of the molecule is COc1cc(F)c(C2CNC(=O)C2)c(F)c1.Nc1nnc(-c2ccc(Cl)cc2)s1. The molecule has 1 aliphatic rings. The molecule has 0 bridgehead atoms. The van der Waals surface area contributed by atoms with Crippen LogP contribution in [-0.2, 0) is 4.79 Å². The fraction of sp³-hybridized carbons (Fsp3) is 0.211. The van der Waals surface area contributed by atoms with Gasteiger partial charge >= 0.3 is 0 Å². The van der Waals surface area contributed by atoms with Crippen molar-refractivity contribution in [3.63, 3.8) is 0 Å². The molecule has 6 nitrogen and oxygen atoms in total. The second-order valence-electron chi connectivity index (χ2n) is 6.16. The van der Waals surface area contributed by atoms with E-state index in [-0.39, 0.29) is 30.2 Å². The Bertz CT molecular complexity index is 991. The van der Waals surface area contributed by atoms with Crippen LogP contribution in [0, 0.1) is 11.6 Å². The molecular weight excluding hydrogens is 422 g/mol. The average Bonchev–Trinajstić information content (AvgIpc) is 3.31. The van der Waals surface area contributed by atoms with Crippen LogP contribution in [0.1, 0.15) is 17.9 Å². The number of nitrogens with one attached hydrogen (secondary N) is 1. The molecule has 1 aliphatic heterocycles. The minimum atomic E-state index is -0.668. The number of benzene rings is 2. The van der Waals surface area contributed by atoms with Gasteiger partial charge in [-0.1, -0.05) is 35.1 Å². The van der Waals surface area contributed by atoms with Crippen LogP contribution >= 0.6 is 22.9 Å². The molecule has 2 heterocycles. The molecule has 1 atom stereocenters. The highest BCUT2D eigenvalue weighted by atomic mass is 35.5. The molecule has 3 N–H and O–H groups in total. The zero-order valence-corrected chi connectivity index (χ0v) is 16.9. The maximum Gasteiger partial charge on any atom is 0.220 e. The molecule has 1 fully saturated rings. The Balaban J connectivity index is 0.000000169. The molecule has 2 aromatic carbocycles. The Morgan fingerprint density at radius 2 is 1.86 bits per heavy atom. The van der Waals surface area contributed by atoms with Gasteiger partial charge in [-0.3, -0.25) is 4.79 Å². The summed E-state index contributed by atoms with van der Waals surface area (Å²) < 4.78 is 32.0. The standard InChI is InChI=1S/C11H11F2NO2.C8H6ClN3S/c1-16-7-3-8(12)11(9(13)4-7)6-2-10(15)14-5-6;9-6-3-1-5(2-4-6)7-11-12-8(10)13-7/h3-4,6H,2,5H2,1H3,(H,14,15);1-4H,(H2,10,12). The topological polar surface area (TPSA) is 90.1 Å². The van der Waals surface area contributed by atoms with Gasteiger partial charge < -0.3 is 15.8 Å². The third kappa shape index (κ3) is 5.18. The number of amides is 1. The van der Waals surface area contributed by atoms with Gasteiger partial charge in [0.05, 0.1) is 7.11 Å². The van der Waals surface area contributed by atoms with Crippen LogP contribution in [0.5, 0.6) is 5.75 Å². The minimum Gasteiger partial charge on any atom is -0.497 e. The molecule has 4 rings (SSSR count). The van der Waals surface area contributed by atoms with Crippen molar-refractivity contribution in [3.8, 4) is 16.3 Å². The number of methoxy groups -OCH3 is 1. The molecule has 29 heavy (non-hydrogen) atoms. The van der Waals surface area contributed by atoms with Crippen molar-refractivity contribution in [1.29, 1.82) is 0 Å². The molecule has 0 saturated carbocycles. The molecule has 152 valence electrons. The lowest BCUT2D eigenvalue weighted by atomic mass is 9.97. The van der Waals surface area contributed by atoms with E-state index in [0.717, 1.165) is 22.7 Å². The number of aromatic nitrogens is 2. The number of rotatable bonds is 3. The van der Waals surface area contributed by atoms with Crippen molar-refractivity contribution in [2.75, 3.05) is 19.4 Å². The van der Waals surface area contributed by atoms with Crippen molar-refractivity contribution in [3.05, 3.63) is 58.6 Å². The third-order valence-electron chi connectivity index (χ3n) is 4.21. The lowest BCUT2D eigenvalue weighted by Gasteiger charge is -2.11. The molecule has 1 unspecified atom stereocenters. The zero-order chi connectivity index (χ0) is 21.0. The van der Waals surface area contributed by atoms with Crippen LogP contribution in [0.15, 0.2) is 36.4 Å². The van der Waals surface area contributed by atoms with E-state index in [0.29, 0.717) is 10.2 Å². The summed E-state index contributed by atoms with van der Waals surface area (Å²) in [6.07, 6.45) is 0.125. The Hall–Kier alpha value is -2.78. The number of hydrogen-bond donors (Lipinski definition) is 2. The van der Waals surface area contributed by atoms with E-state index in [2.05, 4.69) is 15.5 Å². The summed E-state index contributed by atoms with van der Waals surface area (Å²) in [7, 11) is 1.34. The van der Waals surface area contributed by atoms with E-state index in [1.807, 2.05) is 24.3 Å². The van der Waals surface area contributed by atoms with Crippen LogP contribution in [-0.4, -0.2) is 29.8 Å². The molecule has 0 radical (unpaired) electrons. The molecule has 1 saturated heterocycles. The van der Waals surface area contributed by atoms with Gasteiger partial charge in [0, 0.05) is 47.2 Å². The number of nitrogens with zero attached hydrogens (tertiary/aromatic N) is 2. The Morgan fingerprint density at radius 1 is 1.21 bits per heavy atom. The fourth-order valence-electron chi connectivity index (χ4n) is 2.82. The first-order chi connectivity index (χ1) is 13.9. The van der Waals surface area contributed by atoms with Gasteiger partial charge in [-0.25, -0.2) is 8.78 Å². The molecule has 1 amide bonds. The summed E-state index contributed by atoms with van der Waals surface area (Å²) in [5, 5.41) is 12.2. The lowest BCUT2D eigenvalue weighted by Crippen LogP contribution is -2.14. The summed E-state index contributed by atoms with van der Waals surface area (Å²) in [6, 6.07) is 9.66. The Kier molecular flexibility index (Phi) is 6.60. The predicted molar refractivity (Wildman–Crippen MR) is 108 cm³/mol. The first-order valence-electron chi connectivity index (χ1n) is 8.52. The van der Waals surface area contributed by atoms with E-state index in [1.165, 1.54) is 18.4 Å². The number of carbonyl (C=O) groups is 1. The fourth-order valence-corrected chi connectivity index (χ4v) is 3.56. The van der Waals surface area contributed by atoms with Gasteiger partial charge in [0.25, 0.3) is 0 Å². The molecule has 3 aromatic rings. The number of carbonyl (C=O) groups excluding carboxylic acids is 1. The van der Waals surface area contributed by atoms with Crippen LogP contribution < -0.4 is 15.8 Å². The van der Waals surface area contributed by atoms with Crippen LogP contribution in [0.3, 0.4) is 0 Å². The molecule has 0 aliphatic carbocycles. The number of anilines is 1. The monoisotopic (exact) mass is 438 g/mol. The highest BCUT2D eigenvalue weighted by Crippen LogP contribution is 2.30. The first-order valence-corrected chi connectivity index (χ1v) is 9.71. The average molecular weight is 439 g/mol. The second kappa shape index (κ2) is 9.15. The summed E-state index contributed by atoms with van der Waals surface area (Å²) in [6.45, 7) is 0.277. The smallest absolute Gasteiger partial charge is 0.220 e. The lowest BCUT2D eigenvalue weighted by molar-refractivity contribution is -0.119. The van der Waals surface area contributed by atoms with Gasteiger partial charge in [0.15, 0.2) is 0 Å². The summed E-state index contributed by atoms with van der Waals surface area (Å²) in [4.78, 5) is 11.0. The van der Waals surface area contributed by atoms with Crippen molar-refractivity contribution >= 4 is 34.0 Å². The Morgan fingerprint density at radius 3 is 2.34 bits per heavy atom. The van der Waals surface area contributed by atoms with Crippen molar-refractivity contribution < 1.29 is 18.3 Å². The van der Waals surface area contributed by atoms with Gasteiger partial charge in [0.1, 0.15) is 22.4 Å². The van der Waals surface area contributed by atoms with E-state index in [1.54, 1.807) is 0 Å². The highest BCUT2D eigenvalue weighted by molar-refractivity contribution is 7.18. The molecule has 0 spiro atoms. The van der Waals surface area contributed by atoms with Crippen LogP contribution in [0.4, 0.5) is 13.9 Å². The number of hydrogen-bond acceptors (Lipinski definition) is 6. The maximum atomic E-state index is 13.6. The molecule has 10 heteroatoms. The van der Waals surface area contributed by atoms with Crippen molar-refractivity contribution in [1.82, 2.24) is 15.5 Å². The van der Waals surface area contributed by atoms with Crippen molar-refractivity contribution in [2.24, 2.45) is 0 Å². The highest BCUT2D eigenvalue weighted by Gasteiger charge is 2.28. The summed E-state index contributed by atoms with van der Waals surface area (Å²) in [5.41, 5.74) is 6.41. The van der Waals surface area contributed by atoms with E-state index >= 15 is 0 Å². The number of ether oxygens (including phenoxy) is 1. The number of nitrogen functional groups attached to an aromatic ring is 1. The first kappa shape index (κ1) is 20.9. The predicted octanol–water partition coefficient (Wildman–Crippen LogP) is 4.02. The second-order valence-corrected chi connectivity index (χ2v) is 7.61. The number of halogens is 3. The van der Waals surface area contributed by atoms with Crippen LogP contribution in [0.25, 0.3) is 10.6 Å². The van der Waals surface area contributed by atoms with Crippen LogP contribution in [0.2, 0.25) is 5.02 Å². The van der Waals surface area contributed by atoms with E-state index in [4.69, 9.17) is 22.1 Å². The zero-order valence-electron chi connectivity index (χ0n) is 15.3. The van der Waals surface area contributed by atoms with Gasteiger partial charge in [0.2, 0.25) is 11.0 Å². The largest absolute Gasteiger partial charge is 0.497 e. The summed E-state index contributed by atoms with van der Waals surface area (Å²) in [5.74, 6) is -1.81. The van der Waals surface area contributed by atoms with Gasteiger partial charge in [-0.2, -0.15) is 0 Å². The molecular formula is C19H17ClF2N4O2S. The van der Waals surface area contributed by atoms with Crippen molar-refractivity contribution in [2.45, 2.75) is 12.3 Å². The normalized spacial score (nSPS) is 15.4. The molecule has 1 aromatic heterocycles. The Labute approximate surface area is 174 Å². The summed E-state index contributed by atoms with van der Waals surface area (Å²) >= 11 is 7.11.